The second-order valence-corrected chi connectivity index (χ2v) is 7.43. The van der Waals surface area contributed by atoms with Crippen molar-refractivity contribution in [2.24, 2.45) is 10.9 Å². The number of piperidine rings is 1. The van der Waals surface area contributed by atoms with Crippen LogP contribution in [-0.2, 0) is 0 Å². The molecular weight excluding hydrogens is 338 g/mol. The van der Waals surface area contributed by atoms with E-state index in [9.17, 15) is 0 Å². The van der Waals surface area contributed by atoms with Crippen LogP contribution in [0.25, 0.3) is 6.08 Å². The van der Waals surface area contributed by atoms with Gasteiger partial charge < -0.3 is 10.6 Å². The molecule has 2 unspecified atom stereocenters. The maximum absolute atomic E-state index is 5.49. The molecule has 2 N–H and O–H groups in total. The number of benzene rings is 2. The number of fused-ring (bicyclic) bond motifs is 1. The largest absolute Gasteiger partial charge is 0.353 e. The van der Waals surface area contributed by atoms with Crippen LogP contribution >= 0.6 is 12.2 Å². The summed E-state index contributed by atoms with van der Waals surface area (Å²) in [6.07, 6.45) is 2.26. The SMILES string of the molecule is Cc1ccccc1/C=C1\CNCC2C1=NC(=S)NC2c1ccccc1C. The summed E-state index contributed by atoms with van der Waals surface area (Å²) in [7, 11) is 0. The van der Waals surface area contributed by atoms with Gasteiger partial charge in [0.2, 0.25) is 0 Å². The zero-order valence-corrected chi connectivity index (χ0v) is 15.9. The van der Waals surface area contributed by atoms with E-state index in [0.29, 0.717) is 5.11 Å². The topological polar surface area (TPSA) is 36.4 Å². The van der Waals surface area contributed by atoms with E-state index >= 15 is 0 Å². The minimum Gasteiger partial charge on any atom is -0.353 e. The smallest absolute Gasteiger partial charge is 0.193 e. The summed E-state index contributed by atoms with van der Waals surface area (Å²) in [6, 6.07) is 17.1. The first-order chi connectivity index (χ1) is 12.6. The molecule has 2 aromatic rings. The minimum absolute atomic E-state index is 0.157. The van der Waals surface area contributed by atoms with E-state index in [1.807, 2.05) is 0 Å². The van der Waals surface area contributed by atoms with Gasteiger partial charge in [-0.15, -0.1) is 0 Å². The Bertz CT molecular complexity index is 913. The quantitative estimate of drug-likeness (QED) is 0.795. The van der Waals surface area contributed by atoms with Gasteiger partial charge in [0.1, 0.15) is 0 Å². The monoisotopic (exact) mass is 361 g/mol. The summed E-state index contributed by atoms with van der Waals surface area (Å²) in [5.74, 6) is 0.270. The molecule has 0 amide bonds. The molecule has 2 aliphatic rings. The van der Waals surface area contributed by atoms with E-state index in [1.165, 1.54) is 27.8 Å². The molecule has 0 bridgehead atoms. The molecule has 0 aromatic heterocycles. The van der Waals surface area contributed by atoms with Gasteiger partial charge in [-0.3, -0.25) is 0 Å². The van der Waals surface area contributed by atoms with Crippen molar-refractivity contribution in [2.45, 2.75) is 19.9 Å². The van der Waals surface area contributed by atoms with Crippen molar-refractivity contribution in [3.63, 3.8) is 0 Å². The van der Waals surface area contributed by atoms with Crippen LogP contribution in [0.3, 0.4) is 0 Å². The highest BCUT2D eigenvalue weighted by atomic mass is 32.1. The highest BCUT2D eigenvalue weighted by molar-refractivity contribution is 7.80. The van der Waals surface area contributed by atoms with Crippen molar-refractivity contribution < 1.29 is 0 Å². The van der Waals surface area contributed by atoms with E-state index in [4.69, 9.17) is 17.2 Å². The number of aryl methyl sites for hydroxylation is 2. The first-order valence-corrected chi connectivity index (χ1v) is 9.46. The molecule has 26 heavy (non-hydrogen) atoms. The Hall–Kier alpha value is -2.30. The summed E-state index contributed by atoms with van der Waals surface area (Å²) in [4.78, 5) is 4.75. The van der Waals surface area contributed by atoms with Crippen LogP contribution in [-0.4, -0.2) is 23.9 Å². The molecule has 2 aromatic carbocycles. The van der Waals surface area contributed by atoms with Gasteiger partial charge in [-0.05, 0) is 60.0 Å². The van der Waals surface area contributed by atoms with E-state index < -0.39 is 0 Å². The van der Waals surface area contributed by atoms with E-state index in [-0.39, 0.29) is 12.0 Å². The van der Waals surface area contributed by atoms with E-state index in [0.717, 1.165) is 18.8 Å². The fourth-order valence-corrected chi connectivity index (χ4v) is 4.11. The fraction of sp³-hybridized carbons (Fsp3) is 0.273. The zero-order valence-electron chi connectivity index (χ0n) is 15.1. The normalized spacial score (nSPS) is 24.0. The van der Waals surface area contributed by atoms with Crippen molar-refractivity contribution in [3.05, 3.63) is 76.4 Å². The number of thiocarbonyl (C=S) groups is 1. The Morgan fingerprint density at radius 3 is 2.54 bits per heavy atom. The minimum atomic E-state index is 0.157. The number of nitrogens with zero attached hydrogens (tertiary/aromatic N) is 1. The van der Waals surface area contributed by atoms with Crippen LogP contribution in [0, 0.1) is 19.8 Å². The second-order valence-electron chi connectivity index (χ2n) is 7.04. The number of nitrogens with one attached hydrogen (secondary N) is 2. The van der Waals surface area contributed by atoms with Crippen LogP contribution in [0.5, 0.6) is 0 Å². The molecule has 4 rings (SSSR count). The molecular formula is C22H23N3S. The van der Waals surface area contributed by atoms with E-state index in [1.54, 1.807) is 0 Å². The van der Waals surface area contributed by atoms with Crippen LogP contribution < -0.4 is 10.6 Å². The molecule has 3 nitrogen and oxygen atoms in total. The lowest BCUT2D eigenvalue weighted by Gasteiger charge is -2.38. The molecule has 1 fully saturated rings. The summed E-state index contributed by atoms with van der Waals surface area (Å²) in [5, 5.41) is 7.61. The lowest BCUT2D eigenvalue weighted by molar-refractivity contribution is 0.454. The average molecular weight is 362 g/mol. The van der Waals surface area contributed by atoms with Gasteiger partial charge >= 0.3 is 0 Å². The van der Waals surface area contributed by atoms with Gasteiger partial charge in [0.05, 0.1) is 11.8 Å². The highest BCUT2D eigenvalue weighted by Gasteiger charge is 2.36. The fourth-order valence-electron chi connectivity index (χ4n) is 3.89. The lowest BCUT2D eigenvalue weighted by Crippen LogP contribution is -2.50. The molecule has 0 aliphatic carbocycles. The standard InChI is InChI=1S/C22H23N3S/c1-14-7-3-5-9-16(14)11-17-12-23-13-19-20(17)24-22(26)25-21(19)18-10-6-4-8-15(18)2/h3-11,19,21,23H,12-13H2,1-2H3,(H,25,26)/b17-11+. The van der Waals surface area contributed by atoms with Crippen molar-refractivity contribution >= 4 is 29.1 Å². The number of hydrogen-bond acceptors (Lipinski definition) is 2. The third kappa shape index (κ3) is 3.22. The maximum Gasteiger partial charge on any atom is 0.193 e. The molecule has 132 valence electrons. The number of rotatable bonds is 2. The van der Waals surface area contributed by atoms with Crippen molar-refractivity contribution in [2.75, 3.05) is 13.1 Å². The Labute approximate surface area is 160 Å². The van der Waals surface area contributed by atoms with Gasteiger partial charge in [-0.25, -0.2) is 4.99 Å². The zero-order chi connectivity index (χ0) is 18.1. The summed E-state index contributed by atoms with van der Waals surface area (Å²) in [5.41, 5.74) is 7.46. The average Bonchev–Trinajstić information content (AvgIpc) is 2.64. The predicted octanol–water partition coefficient (Wildman–Crippen LogP) is 3.98. The summed E-state index contributed by atoms with van der Waals surface area (Å²) >= 11 is 5.49. The van der Waals surface area contributed by atoms with Gasteiger partial charge in [0, 0.05) is 19.0 Å². The second kappa shape index (κ2) is 7.14. The molecule has 1 saturated heterocycles. The molecule has 2 heterocycles. The van der Waals surface area contributed by atoms with Gasteiger partial charge in [-0.2, -0.15) is 0 Å². The summed E-state index contributed by atoms with van der Waals surface area (Å²) in [6.45, 7) is 6.03. The van der Waals surface area contributed by atoms with Gasteiger partial charge in [-0.1, -0.05) is 48.5 Å². The molecule has 2 atom stereocenters. The van der Waals surface area contributed by atoms with Crippen LogP contribution in [0.15, 0.2) is 59.1 Å². The van der Waals surface area contributed by atoms with Crippen LogP contribution in [0.2, 0.25) is 0 Å². The first-order valence-electron chi connectivity index (χ1n) is 9.05. The number of aliphatic imine (C=N–C) groups is 1. The molecule has 0 radical (unpaired) electrons. The van der Waals surface area contributed by atoms with Crippen LogP contribution in [0.4, 0.5) is 0 Å². The van der Waals surface area contributed by atoms with Crippen LogP contribution in [0.1, 0.15) is 28.3 Å². The van der Waals surface area contributed by atoms with Crippen molar-refractivity contribution in [1.29, 1.82) is 0 Å². The third-order valence-corrected chi connectivity index (χ3v) is 5.51. The van der Waals surface area contributed by atoms with Gasteiger partial charge in [0.25, 0.3) is 0 Å². The van der Waals surface area contributed by atoms with Crippen molar-refractivity contribution in [1.82, 2.24) is 10.6 Å². The Morgan fingerprint density at radius 2 is 1.77 bits per heavy atom. The third-order valence-electron chi connectivity index (χ3n) is 5.30. The lowest BCUT2D eigenvalue weighted by atomic mass is 9.80. The summed E-state index contributed by atoms with van der Waals surface area (Å²) < 4.78 is 0. The predicted molar refractivity (Wildman–Crippen MR) is 113 cm³/mol. The number of hydrogen-bond donors (Lipinski definition) is 2. The first kappa shape index (κ1) is 17.1. The Morgan fingerprint density at radius 1 is 1.04 bits per heavy atom. The Balaban J connectivity index is 1.75. The van der Waals surface area contributed by atoms with Gasteiger partial charge in [0.15, 0.2) is 5.11 Å². The van der Waals surface area contributed by atoms with Crippen molar-refractivity contribution in [3.8, 4) is 0 Å². The highest BCUT2D eigenvalue weighted by Crippen LogP contribution is 2.33. The molecule has 0 spiro atoms. The molecule has 4 heteroatoms. The van der Waals surface area contributed by atoms with E-state index in [2.05, 4.69) is 79.1 Å². The molecule has 0 saturated carbocycles. The molecule has 2 aliphatic heterocycles. The Kier molecular flexibility index (Phi) is 4.70. The maximum atomic E-state index is 5.49.